The van der Waals surface area contributed by atoms with Gasteiger partial charge >= 0.3 is 0 Å². The van der Waals surface area contributed by atoms with Crippen molar-refractivity contribution in [2.24, 2.45) is 23.7 Å². The highest BCUT2D eigenvalue weighted by atomic mass is 16.5. The van der Waals surface area contributed by atoms with Gasteiger partial charge in [0.2, 0.25) is 0 Å². The van der Waals surface area contributed by atoms with Gasteiger partial charge < -0.3 is 101 Å². The van der Waals surface area contributed by atoms with E-state index in [4.69, 9.17) is 52.1 Å². The van der Waals surface area contributed by atoms with Crippen molar-refractivity contribution in [3.63, 3.8) is 0 Å². The monoisotopic (exact) mass is 2070 g/mol. The zero-order valence-electron chi connectivity index (χ0n) is 104. The number of likely N-dealkylation sites (N-methyl/N-ethyl adjacent to an activating group) is 1. The number of hydrogen-bond donors (Lipinski definition) is 0. The van der Waals surface area contributed by atoms with Crippen molar-refractivity contribution in [3.05, 3.63) is 0 Å². The van der Waals surface area contributed by atoms with E-state index in [-0.39, 0.29) is 0 Å². The number of rotatable bonds is 53. The van der Waals surface area contributed by atoms with Crippen LogP contribution in [0.5, 0.6) is 0 Å². The normalized spacial score (nSPS) is 20.8. The van der Waals surface area contributed by atoms with Crippen LogP contribution in [0.4, 0.5) is 0 Å². The molecule has 0 aromatic rings. The summed E-state index contributed by atoms with van der Waals surface area (Å²) in [6.45, 7) is 120. The molecule has 9 aliphatic heterocycles. The average molecular weight is 2070 g/mol. The van der Waals surface area contributed by atoms with Gasteiger partial charge in [0.05, 0.1) is 67.1 Å². The predicted molar refractivity (Wildman–Crippen MR) is 631 cm³/mol. The van der Waals surface area contributed by atoms with Crippen LogP contribution in [0.1, 0.15) is 428 Å². The Balaban J connectivity index is -0.00000153. The van der Waals surface area contributed by atoms with Crippen molar-refractivity contribution < 1.29 is 52.1 Å². The highest BCUT2D eigenvalue weighted by molar-refractivity contribution is 4.79. The lowest BCUT2D eigenvalue weighted by Gasteiger charge is -2.36. The molecule has 0 aromatic heterocycles. The van der Waals surface area contributed by atoms with Gasteiger partial charge in [-0.25, -0.2) is 0 Å². The van der Waals surface area contributed by atoms with Crippen LogP contribution in [-0.4, -0.2) is 409 Å². The summed E-state index contributed by atoms with van der Waals surface area (Å²) in [6.07, 6.45) is 43.6. The van der Waals surface area contributed by atoms with E-state index in [1.165, 1.54) is 376 Å². The number of nitrogens with zero attached hydrogens (tertiary/aromatic N) is 11. The minimum absolute atomic E-state index is 0.373. The first-order valence-electron chi connectivity index (χ1n) is 61.8. The molecule has 0 aromatic carbocycles. The number of piperazine rings is 2. The molecular formula is C123H263N11O11. The van der Waals surface area contributed by atoms with E-state index < -0.39 is 0 Å². The molecule has 0 spiro atoms. The summed E-state index contributed by atoms with van der Waals surface area (Å²) in [5.74, 6) is 3.53. The molecule has 22 heteroatoms. The van der Waals surface area contributed by atoms with Gasteiger partial charge in [0.1, 0.15) is 0 Å². The van der Waals surface area contributed by atoms with Crippen LogP contribution in [0.3, 0.4) is 0 Å². The number of ether oxygens (including phenoxy) is 11. The quantitative estimate of drug-likeness (QED) is 0.0533. The van der Waals surface area contributed by atoms with Crippen molar-refractivity contribution in [1.82, 2.24) is 53.9 Å². The highest BCUT2D eigenvalue weighted by Gasteiger charge is 2.24. The molecule has 9 saturated heterocycles. The Bertz CT molecular complexity index is 2390. The third kappa shape index (κ3) is 107. The summed E-state index contributed by atoms with van der Waals surface area (Å²) in [4.78, 5) is 28.1. The SMILES string of the molecule is CC(C)C.CC(C)OCCCN1CCCCC1.CC(C)OCCCN1CCCCC1.CC(C)OCCCN1CCCCC1C.CC(C)OCCCN1CCCC[C@H]1C.CC(C)OCCCN1CCC[C@@H](C)C1.CC(C)OCCCN1CCC[C@H](C)C1.CC(C)OCCCN1CCN(C(C)C)CC1.CC(C)OCCCN1CCN(C)CC1.CC1CCCN(CCCOC(C)C)C1.CCCCOC(C)C.CCCOC(C)C. The Kier molecular flexibility index (Phi) is 106. The van der Waals surface area contributed by atoms with E-state index >= 15 is 0 Å². The molecule has 9 fully saturated rings. The molecule has 0 amide bonds. The van der Waals surface area contributed by atoms with Crippen LogP contribution in [0.25, 0.3) is 0 Å². The van der Waals surface area contributed by atoms with Crippen LogP contribution in [-0.2, 0) is 52.1 Å². The van der Waals surface area contributed by atoms with Gasteiger partial charge in [0.15, 0.2) is 0 Å². The second-order valence-corrected chi connectivity index (χ2v) is 47.7. The lowest BCUT2D eigenvalue weighted by molar-refractivity contribution is 0.0604. The molecule has 0 aliphatic carbocycles. The number of hydrogen-bond acceptors (Lipinski definition) is 22. The van der Waals surface area contributed by atoms with E-state index in [9.17, 15) is 0 Å². The van der Waals surface area contributed by atoms with Crippen LogP contribution in [0.15, 0.2) is 0 Å². The Morgan fingerprint density at radius 3 is 0.621 bits per heavy atom. The van der Waals surface area contributed by atoms with Gasteiger partial charge in [-0.2, -0.15) is 0 Å². The fraction of sp³-hybridized carbons (Fsp3) is 1.00. The minimum Gasteiger partial charge on any atom is -0.379 e. The summed E-state index contributed by atoms with van der Waals surface area (Å²) >= 11 is 0. The molecule has 0 bridgehead atoms. The maximum atomic E-state index is 5.56. The predicted octanol–water partition coefficient (Wildman–Crippen LogP) is 26.1. The molecule has 5 atom stereocenters. The first kappa shape index (κ1) is 148. The largest absolute Gasteiger partial charge is 0.379 e. The lowest BCUT2D eigenvalue weighted by atomic mass is 10.0. The van der Waals surface area contributed by atoms with E-state index in [1.807, 2.05) is 0 Å². The van der Waals surface area contributed by atoms with E-state index in [0.29, 0.717) is 73.2 Å². The Morgan fingerprint density at radius 1 is 0.200 bits per heavy atom. The minimum atomic E-state index is 0.373. The van der Waals surface area contributed by atoms with Crippen LogP contribution in [0.2, 0.25) is 0 Å². The van der Waals surface area contributed by atoms with Gasteiger partial charge in [0.25, 0.3) is 0 Å². The Hall–Kier alpha value is -0.880. The van der Waals surface area contributed by atoms with Crippen molar-refractivity contribution in [2.45, 2.75) is 513 Å². The molecule has 22 nitrogen and oxygen atoms in total. The molecule has 9 heterocycles. The first-order chi connectivity index (χ1) is 69.1. The summed E-state index contributed by atoms with van der Waals surface area (Å²) in [6, 6.07) is 2.29. The molecule has 0 saturated carbocycles. The lowest BCUT2D eigenvalue weighted by Crippen LogP contribution is -2.49. The van der Waals surface area contributed by atoms with Gasteiger partial charge in [-0.3, -0.25) is 4.90 Å². The molecule has 2 unspecified atom stereocenters. The standard InChI is InChI=1S/C13H28N2O.5C12H25NO.C11H24N2O.2C11H23NO.C7H16O.C6H14O.C4H10/c1-12(2)15-9-7-14(8-10-15)6-5-11-16-13(3)4;3*1-11(2)14-9-5-8-13-7-4-6-12(3)10-13;2*1-11(2)14-10-6-9-13-8-5-4-7-12(13)3;1-11(2)14-10-4-5-13-8-6-12(3)7-9-13;2*1-11(2)13-10-6-9-12-7-4-3-5-8-12;1-4-5-6-8-7(2)3;1-4-5-7-6(2)3;1-4(2)3/h12-13H,5-11H2,1-4H3;5*11-12H,4-10H2,1-3H3;11H,4-10H2,1-3H3;2*11H,3-10H2,1-2H3;7H,4-6H2,1-3H3;6H,4-5H2,1-3H3;4H,1-3H3/t;2*12-;;12-;;;;;;;/m.10.1......./s1. The van der Waals surface area contributed by atoms with Crippen molar-refractivity contribution in [3.8, 4) is 0 Å². The third-order valence-corrected chi connectivity index (χ3v) is 26.9. The zero-order chi connectivity index (χ0) is 109. The van der Waals surface area contributed by atoms with Gasteiger partial charge in [-0.15, -0.1) is 0 Å². The first-order valence-corrected chi connectivity index (χ1v) is 61.8. The highest BCUT2D eigenvalue weighted by Crippen LogP contribution is 2.22. The third-order valence-electron chi connectivity index (χ3n) is 26.9. The van der Waals surface area contributed by atoms with Crippen molar-refractivity contribution >= 4 is 0 Å². The van der Waals surface area contributed by atoms with Gasteiger partial charge in [-0.1, -0.05) is 87.5 Å². The van der Waals surface area contributed by atoms with Crippen molar-refractivity contribution in [1.29, 1.82) is 0 Å². The summed E-state index contributed by atoms with van der Waals surface area (Å²) < 4.78 is 60.2. The fourth-order valence-electron chi connectivity index (χ4n) is 18.6. The molecule has 9 rings (SSSR count). The number of unbranched alkanes of at least 4 members (excludes halogenated alkanes) is 1. The maximum absolute atomic E-state index is 5.56. The number of piperidine rings is 7. The van der Waals surface area contributed by atoms with Crippen molar-refractivity contribution in [2.75, 3.05) is 270 Å². The average Bonchev–Trinajstić information content (AvgIpc) is 0.897. The van der Waals surface area contributed by atoms with Crippen LogP contribution < -0.4 is 0 Å². The molecular weight excluding hydrogens is 1810 g/mol. The Morgan fingerprint density at radius 2 is 0.407 bits per heavy atom. The molecule has 0 radical (unpaired) electrons. The van der Waals surface area contributed by atoms with Gasteiger partial charge in [-0.05, 0) is 430 Å². The van der Waals surface area contributed by atoms with E-state index in [0.717, 1.165) is 115 Å². The topological polar surface area (TPSA) is 137 Å². The zero-order valence-corrected chi connectivity index (χ0v) is 104. The smallest absolute Gasteiger partial charge is 0.0518 e. The molecule has 145 heavy (non-hydrogen) atoms. The second-order valence-electron chi connectivity index (χ2n) is 47.7. The van der Waals surface area contributed by atoms with E-state index in [1.54, 1.807) is 0 Å². The van der Waals surface area contributed by atoms with Gasteiger partial charge in [0, 0.05) is 222 Å². The Labute approximate surface area is 907 Å². The summed E-state index contributed by atoms with van der Waals surface area (Å²) in [5, 5.41) is 0. The second kappa shape index (κ2) is 104. The maximum Gasteiger partial charge on any atom is 0.0518 e. The van der Waals surface area contributed by atoms with Crippen LogP contribution in [0, 0.1) is 23.7 Å². The molecule has 876 valence electrons. The van der Waals surface area contributed by atoms with E-state index in [2.05, 4.69) is 296 Å². The summed E-state index contributed by atoms with van der Waals surface area (Å²) in [7, 11) is 2.19. The van der Waals surface area contributed by atoms with Crippen LogP contribution >= 0.6 is 0 Å². The molecule has 9 aliphatic rings. The molecule has 0 N–H and O–H groups in total. The summed E-state index contributed by atoms with van der Waals surface area (Å²) in [5.41, 5.74) is 0. The fourth-order valence-corrected chi connectivity index (χ4v) is 18.6. The number of likely N-dealkylation sites (tertiary alicyclic amines) is 7.